The van der Waals surface area contributed by atoms with Gasteiger partial charge in [-0.05, 0) is 25.4 Å². The Morgan fingerprint density at radius 1 is 1.31 bits per heavy atom. The van der Waals surface area contributed by atoms with Gasteiger partial charge in [-0.15, -0.1) is 0 Å². The first-order chi connectivity index (χ1) is 11.8. The molecule has 1 saturated heterocycles. The maximum Gasteiger partial charge on any atom is 0.313 e. The second-order valence-corrected chi connectivity index (χ2v) is 10.8. The molecule has 148 valence electrons. The Balaban J connectivity index is 2.96. The zero-order valence-electron chi connectivity index (χ0n) is 17.0. The van der Waals surface area contributed by atoms with Gasteiger partial charge in [-0.1, -0.05) is 40.3 Å². The van der Waals surface area contributed by atoms with E-state index in [1.807, 2.05) is 27.7 Å². The van der Waals surface area contributed by atoms with Crippen molar-refractivity contribution in [1.29, 1.82) is 0 Å². The highest BCUT2D eigenvalue weighted by atomic mass is 28.3. The van der Waals surface area contributed by atoms with Gasteiger partial charge in [0, 0.05) is 5.92 Å². The quantitative estimate of drug-likeness (QED) is 0.217. The smallest absolute Gasteiger partial charge is 0.313 e. The lowest BCUT2D eigenvalue weighted by Gasteiger charge is -2.55. The highest BCUT2D eigenvalue weighted by molar-refractivity contribution is 6.48. The minimum absolute atomic E-state index is 0.0816. The molecule has 7 heteroatoms. The molecule has 1 rings (SSSR count). The summed E-state index contributed by atoms with van der Waals surface area (Å²) in [5.41, 5.74) is -0.963. The number of nitrogens with one attached hydrogen (secondary N) is 1. The van der Waals surface area contributed by atoms with E-state index in [1.54, 1.807) is 6.92 Å². The molecule has 1 aliphatic rings. The summed E-state index contributed by atoms with van der Waals surface area (Å²) in [6.07, 6.45) is 1.15. The van der Waals surface area contributed by atoms with Crippen molar-refractivity contribution < 1.29 is 23.5 Å². The molecule has 6 nitrogen and oxygen atoms in total. The summed E-state index contributed by atoms with van der Waals surface area (Å²) in [7, 11) is -1.43. The van der Waals surface area contributed by atoms with Crippen LogP contribution in [0.5, 0.6) is 0 Å². The lowest BCUT2D eigenvalue weighted by atomic mass is 9.62. The van der Waals surface area contributed by atoms with Gasteiger partial charge in [-0.25, -0.2) is 0 Å². The van der Waals surface area contributed by atoms with Crippen LogP contribution in [0, 0.1) is 17.3 Å². The monoisotopic (exact) mass is 383 g/mol. The van der Waals surface area contributed by atoms with Crippen molar-refractivity contribution in [2.75, 3.05) is 6.61 Å². The second-order valence-electron chi connectivity index (χ2n) is 8.44. The third-order valence-corrected chi connectivity index (χ3v) is 6.20. The van der Waals surface area contributed by atoms with Crippen molar-refractivity contribution in [1.82, 2.24) is 5.32 Å². The molecule has 26 heavy (non-hydrogen) atoms. The Kier molecular flexibility index (Phi) is 7.36. The van der Waals surface area contributed by atoms with Crippen LogP contribution >= 0.6 is 0 Å². The average Bonchev–Trinajstić information content (AvgIpc) is 2.47. The van der Waals surface area contributed by atoms with Crippen LogP contribution in [0.1, 0.15) is 41.0 Å². The van der Waals surface area contributed by atoms with E-state index >= 15 is 0 Å². The number of esters is 1. The van der Waals surface area contributed by atoms with E-state index in [4.69, 9.17) is 9.16 Å². The molecule has 0 unspecified atom stereocenters. The molecular formula is C19H33NO5Si. The van der Waals surface area contributed by atoms with Gasteiger partial charge in [0.25, 0.3) is 0 Å². The fourth-order valence-electron chi connectivity index (χ4n) is 3.32. The van der Waals surface area contributed by atoms with Crippen molar-refractivity contribution in [2.24, 2.45) is 17.3 Å². The van der Waals surface area contributed by atoms with E-state index in [-0.39, 0.29) is 36.2 Å². The van der Waals surface area contributed by atoms with Gasteiger partial charge < -0.3 is 14.5 Å². The van der Waals surface area contributed by atoms with Gasteiger partial charge in [0.1, 0.15) is 18.8 Å². The van der Waals surface area contributed by atoms with Gasteiger partial charge >= 0.3 is 5.97 Å². The number of hydrogen-bond donors (Lipinski definition) is 1. The molecule has 0 saturated carbocycles. The fourth-order valence-corrected chi connectivity index (χ4v) is 4.80. The van der Waals surface area contributed by atoms with Crippen LogP contribution in [0.3, 0.4) is 0 Å². The highest BCUT2D eigenvalue weighted by Crippen LogP contribution is 2.46. The summed E-state index contributed by atoms with van der Waals surface area (Å²) in [5.74, 6) is -1.84. The molecule has 0 aromatic rings. The molecule has 0 spiro atoms. The van der Waals surface area contributed by atoms with Gasteiger partial charge in [-0.2, -0.15) is 0 Å². The Morgan fingerprint density at radius 2 is 1.88 bits per heavy atom. The maximum absolute atomic E-state index is 12.5. The molecule has 1 aliphatic heterocycles. The minimum Gasteiger partial charge on any atom is -0.461 e. The lowest BCUT2D eigenvalue weighted by Crippen LogP contribution is -2.72. The van der Waals surface area contributed by atoms with E-state index < -0.39 is 32.4 Å². The number of ether oxygens (including phenoxy) is 1. The van der Waals surface area contributed by atoms with Gasteiger partial charge in [0.15, 0.2) is 9.04 Å². The number of carbonyl (C=O) groups is 3. The molecule has 4 atom stereocenters. The molecule has 0 aliphatic carbocycles. The predicted octanol–water partition coefficient (Wildman–Crippen LogP) is 2.23. The zero-order valence-corrected chi connectivity index (χ0v) is 18.2. The summed E-state index contributed by atoms with van der Waals surface area (Å²) in [4.78, 5) is 36.6. The summed E-state index contributed by atoms with van der Waals surface area (Å²) in [6, 6.07) is -0.348. The summed E-state index contributed by atoms with van der Waals surface area (Å²) in [6.45, 7) is 17.5. The summed E-state index contributed by atoms with van der Waals surface area (Å²) >= 11 is 0. The third kappa shape index (κ3) is 4.82. The third-order valence-electron chi connectivity index (χ3n) is 5.24. The number of β-lactam (4-membered cyclic amide) rings is 1. The normalized spacial score (nSPS) is 23.5. The number of amides is 1. The fraction of sp³-hybridized carbons (Fsp3) is 0.737. The largest absolute Gasteiger partial charge is 0.461 e. The molecule has 1 N–H and O–H groups in total. The molecule has 0 aromatic heterocycles. The maximum atomic E-state index is 12.5. The molecule has 0 bridgehead atoms. The van der Waals surface area contributed by atoms with E-state index in [2.05, 4.69) is 25.0 Å². The average molecular weight is 384 g/mol. The van der Waals surface area contributed by atoms with Gasteiger partial charge in [0.2, 0.25) is 5.91 Å². The van der Waals surface area contributed by atoms with Crippen LogP contribution in [0.2, 0.25) is 13.1 Å². The first-order valence-corrected chi connectivity index (χ1v) is 11.9. The number of carbonyl (C=O) groups excluding carboxylic acids is 3. The zero-order chi connectivity index (χ0) is 20.3. The Hall–Kier alpha value is -1.47. The topological polar surface area (TPSA) is 81.7 Å². The van der Waals surface area contributed by atoms with Crippen molar-refractivity contribution >= 4 is 26.7 Å². The van der Waals surface area contributed by atoms with Crippen LogP contribution in [-0.2, 0) is 23.5 Å². The Labute approximate surface area is 158 Å². The molecule has 0 aromatic carbocycles. The van der Waals surface area contributed by atoms with E-state index in [9.17, 15) is 14.4 Å². The van der Waals surface area contributed by atoms with Crippen molar-refractivity contribution in [3.63, 3.8) is 0 Å². The van der Waals surface area contributed by atoms with Crippen LogP contribution in [0.15, 0.2) is 12.7 Å². The molecule has 1 fully saturated rings. The highest BCUT2D eigenvalue weighted by Gasteiger charge is 2.59. The molecule has 1 amide bonds. The first kappa shape index (κ1) is 22.6. The van der Waals surface area contributed by atoms with Crippen LogP contribution in [-0.4, -0.2) is 44.9 Å². The number of hydrogen-bond acceptors (Lipinski definition) is 5. The lowest BCUT2D eigenvalue weighted by molar-refractivity contribution is -0.163. The van der Waals surface area contributed by atoms with E-state index in [1.165, 1.54) is 6.08 Å². The summed E-state index contributed by atoms with van der Waals surface area (Å²) in [5, 5.41) is 2.85. The number of Topliss-reactive ketones (excluding diaryl/α,β-unsaturated/α-hetero) is 1. The standard InChI is InChI=1S/C19H33NO5Si/c1-9-10-24-14(22)11-13(21)12(2)16-15(17(23)20-16)19(6,18(3,4)5)25-26(7)8/h9,12,15-16,26H,1,10-11H2,2-8H3,(H,20,23)/t12-,15+,16+,19+/m0/s1. The molecule has 1 heterocycles. The second kappa shape index (κ2) is 8.48. The Morgan fingerprint density at radius 3 is 2.31 bits per heavy atom. The summed E-state index contributed by atoms with van der Waals surface area (Å²) < 4.78 is 11.2. The Bertz CT molecular complexity index is 569. The van der Waals surface area contributed by atoms with Gasteiger partial charge in [-0.3, -0.25) is 14.4 Å². The van der Waals surface area contributed by atoms with Gasteiger partial charge in [0.05, 0.1) is 17.6 Å². The van der Waals surface area contributed by atoms with Crippen molar-refractivity contribution in [3.05, 3.63) is 12.7 Å². The van der Waals surface area contributed by atoms with E-state index in [0.717, 1.165) is 0 Å². The minimum atomic E-state index is -1.43. The van der Waals surface area contributed by atoms with Crippen LogP contribution in [0.25, 0.3) is 0 Å². The van der Waals surface area contributed by atoms with Crippen molar-refractivity contribution in [2.45, 2.75) is 65.8 Å². The van der Waals surface area contributed by atoms with Crippen LogP contribution in [0.4, 0.5) is 0 Å². The van der Waals surface area contributed by atoms with Crippen molar-refractivity contribution in [3.8, 4) is 0 Å². The molecular weight excluding hydrogens is 350 g/mol. The molecule has 0 radical (unpaired) electrons. The van der Waals surface area contributed by atoms with E-state index in [0.29, 0.717) is 0 Å². The van der Waals surface area contributed by atoms with Crippen LogP contribution < -0.4 is 5.32 Å². The number of rotatable bonds is 9. The number of ketones is 1. The predicted molar refractivity (Wildman–Crippen MR) is 103 cm³/mol. The SMILES string of the molecule is C=CCOC(=O)CC(=O)[C@H](C)[C@H]1NC(=O)[C@@H]1[C@@](C)(O[SiH](C)C)C(C)(C)C. The first-order valence-electron chi connectivity index (χ1n) is 9.12.